The molecule has 0 bridgehead atoms. The number of hydrogen-bond donors (Lipinski definition) is 0. The van der Waals surface area contributed by atoms with Crippen LogP contribution in [0.5, 0.6) is 0 Å². The number of hydrogen-bond acceptors (Lipinski definition) is 2. The van der Waals surface area contributed by atoms with Crippen LogP contribution >= 0.6 is 23.2 Å². The molecule has 1 saturated heterocycles. The summed E-state index contributed by atoms with van der Waals surface area (Å²) >= 11 is 13.1. The van der Waals surface area contributed by atoms with Gasteiger partial charge in [0.2, 0.25) is 0 Å². The van der Waals surface area contributed by atoms with E-state index in [2.05, 4.69) is 125 Å². The van der Waals surface area contributed by atoms with Gasteiger partial charge >= 0.3 is 68.4 Å². The molecule has 6 heteroatoms. The summed E-state index contributed by atoms with van der Waals surface area (Å²) in [6, 6.07) is 44.8. The Morgan fingerprint density at radius 3 is 1.31 bits per heavy atom. The molecular formula is C45H38Cl2O2SiZr. The second kappa shape index (κ2) is 15.1. The minimum absolute atomic E-state index is 0.0262. The van der Waals surface area contributed by atoms with Crippen molar-refractivity contribution in [1.29, 1.82) is 0 Å². The Bertz CT molecular complexity index is 2270. The zero-order valence-corrected chi connectivity index (χ0v) is 34.2. The van der Waals surface area contributed by atoms with Crippen LogP contribution in [0, 0.1) is 27.7 Å². The summed E-state index contributed by atoms with van der Waals surface area (Å²) in [6.45, 7) is 8.77. The van der Waals surface area contributed by atoms with Crippen LogP contribution in [0.2, 0.25) is 12.1 Å². The fraction of sp³-hybridized carbons (Fsp3) is 0.156. The first-order valence-corrected chi connectivity index (χ1v) is 23.5. The molecule has 6 aromatic carbocycles. The third kappa shape index (κ3) is 7.76. The van der Waals surface area contributed by atoms with Crippen molar-refractivity contribution in [2.24, 2.45) is 0 Å². The van der Waals surface area contributed by atoms with Gasteiger partial charge in [-0.1, -0.05) is 106 Å². The number of rotatable bonds is 4. The van der Waals surface area contributed by atoms with Crippen molar-refractivity contribution in [3.8, 4) is 44.9 Å². The van der Waals surface area contributed by atoms with Crippen LogP contribution in [-0.2, 0) is 23.3 Å². The first-order chi connectivity index (χ1) is 24.6. The van der Waals surface area contributed by atoms with Crippen molar-refractivity contribution in [3.63, 3.8) is 0 Å². The molecule has 0 saturated carbocycles. The van der Waals surface area contributed by atoms with E-state index >= 15 is 0 Å². The van der Waals surface area contributed by atoms with Crippen LogP contribution in [0.1, 0.15) is 22.3 Å². The third-order valence-corrected chi connectivity index (χ3v) is 15.8. The fourth-order valence-electron chi connectivity index (χ4n) is 6.90. The van der Waals surface area contributed by atoms with Crippen molar-refractivity contribution in [3.05, 3.63) is 156 Å². The molecule has 0 N–H and O–H groups in total. The molecular weight excluding hydrogens is 763 g/mol. The van der Waals surface area contributed by atoms with E-state index in [0.29, 0.717) is 0 Å². The Labute approximate surface area is 325 Å². The summed E-state index contributed by atoms with van der Waals surface area (Å²) in [5, 5.41) is 5.13. The van der Waals surface area contributed by atoms with Crippen LogP contribution in [0.15, 0.2) is 143 Å². The van der Waals surface area contributed by atoms with Gasteiger partial charge in [-0.3, -0.25) is 0 Å². The molecule has 8 aromatic rings. The van der Waals surface area contributed by atoms with Crippen molar-refractivity contribution in [2.75, 3.05) is 0 Å². The van der Waals surface area contributed by atoms with Crippen molar-refractivity contribution < 1.29 is 32.2 Å². The van der Waals surface area contributed by atoms with Gasteiger partial charge in [-0.25, -0.2) is 0 Å². The van der Waals surface area contributed by atoms with E-state index in [9.17, 15) is 0 Å². The van der Waals surface area contributed by atoms with Crippen LogP contribution in [0.25, 0.3) is 66.4 Å². The molecule has 0 amide bonds. The molecule has 0 unspecified atom stereocenters. The van der Waals surface area contributed by atoms with Crippen molar-refractivity contribution in [2.45, 2.75) is 44.1 Å². The van der Waals surface area contributed by atoms with Crippen LogP contribution in [-0.4, -0.2) is 9.77 Å². The summed E-state index contributed by atoms with van der Waals surface area (Å²) < 4.78 is 10.8. The Morgan fingerprint density at radius 2 is 1.00 bits per heavy atom. The van der Waals surface area contributed by atoms with E-state index in [1.54, 1.807) is 35.9 Å². The topological polar surface area (TPSA) is 26.3 Å². The second-order valence-electron chi connectivity index (χ2n) is 13.4. The number of alkyl halides is 2. The summed E-state index contributed by atoms with van der Waals surface area (Å²) in [4.78, 5) is 0. The third-order valence-electron chi connectivity index (χ3n) is 9.74. The molecule has 0 spiro atoms. The molecule has 1 aliphatic rings. The summed E-state index contributed by atoms with van der Waals surface area (Å²) in [6.07, 6.45) is 3.45. The molecule has 1 fully saturated rings. The van der Waals surface area contributed by atoms with Crippen LogP contribution < -0.4 is 0 Å². The van der Waals surface area contributed by atoms with E-state index in [-0.39, 0.29) is 9.77 Å². The maximum absolute atomic E-state index is 5.70. The molecule has 0 aliphatic carbocycles. The number of furan rings is 2. The van der Waals surface area contributed by atoms with Gasteiger partial charge in [-0.05, 0) is 62.1 Å². The predicted molar refractivity (Wildman–Crippen MR) is 214 cm³/mol. The Hall–Kier alpha value is -3.66. The fourth-order valence-corrected chi connectivity index (χ4v) is 17.7. The van der Waals surface area contributed by atoms with Gasteiger partial charge in [-0.15, -0.1) is 57.9 Å². The molecule has 2 nitrogen and oxygen atoms in total. The number of aryl methyl sites for hydroxylation is 2. The SMILES string of the molecule is Cc1cc2[cH-]c(-c3ccco3)cc2c(-c2ccccc2)c1C.Cc1cc2[cH-]c(-c3ccco3)cc2c(-c2ccccc2)c1C.ClC1(Cl)C[Si](=[Zr+2])C1. The first-order valence-electron chi connectivity index (χ1n) is 17.1. The van der Waals surface area contributed by atoms with Crippen molar-refractivity contribution >= 4 is 50.2 Å². The number of fused-ring (bicyclic) bond motifs is 2. The first kappa shape index (κ1) is 35.7. The molecule has 2 aromatic heterocycles. The molecule has 0 radical (unpaired) electrons. The molecule has 252 valence electrons. The molecule has 1 aliphatic heterocycles. The normalized spacial score (nSPS) is 13.4. The molecule has 9 rings (SSSR count). The van der Waals surface area contributed by atoms with Gasteiger partial charge in [0.25, 0.3) is 0 Å². The van der Waals surface area contributed by atoms with E-state index in [1.165, 1.54) is 66.1 Å². The zero-order chi connectivity index (χ0) is 35.7. The van der Waals surface area contributed by atoms with Crippen molar-refractivity contribution in [1.82, 2.24) is 0 Å². The van der Waals surface area contributed by atoms with Crippen LogP contribution in [0.3, 0.4) is 0 Å². The number of benzene rings is 4. The van der Waals surface area contributed by atoms with Gasteiger partial charge in [0, 0.05) is 0 Å². The molecule has 3 heterocycles. The van der Waals surface area contributed by atoms with Gasteiger partial charge in [0.05, 0.1) is 24.0 Å². The van der Waals surface area contributed by atoms with E-state index < -0.39 is 0 Å². The Kier molecular flexibility index (Phi) is 10.6. The molecule has 0 atom stereocenters. The average Bonchev–Trinajstić information content (AvgIpc) is 3.94. The van der Waals surface area contributed by atoms with E-state index in [4.69, 9.17) is 32.0 Å². The minimum atomic E-state index is -0.294. The monoisotopic (exact) mass is 798 g/mol. The maximum atomic E-state index is 5.70. The second-order valence-corrected chi connectivity index (χ2v) is 22.1. The summed E-state index contributed by atoms with van der Waals surface area (Å²) in [5.74, 6) is 1.84. The van der Waals surface area contributed by atoms with Gasteiger partial charge in [0.1, 0.15) is 0 Å². The number of halogens is 2. The predicted octanol–water partition coefficient (Wildman–Crippen LogP) is 13.9. The zero-order valence-electron chi connectivity index (χ0n) is 29.2. The quantitative estimate of drug-likeness (QED) is 0.101. The standard InChI is InChI=1S/2C21H17O.C3H4Cl2Si.Zr/c2*1-14-11-17-12-18(20-9-6-10-22-20)13-19(17)21(15(14)2)16-7-4-3-5-8-16;4-3(5)1-6-2-3;/h2*3-13H,1-2H3;1-2H2;/q2*-1;;+2. The Morgan fingerprint density at radius 1 is 0.588 bits per heavy atom. The van der Waals surface area contributed by atoms with E-state index in [0.717, 1.165) is 34.7 Å². The average molecular weight is 801 g/mol. The summed E-state index contributed by atoms with van der Waals surface area (Å²) in [5.41, 5.74) is 12.8. The van der Waals surface area contributed by atoms with Gasteiger partial charge in [-0.2, -0.15) is 0 Å². The van der Waals surface area contributed by atoms with Crippen LogP contribution in [0.4, 0.5) is 0 Å². The van der Waals surface area contributed by atoms with Gasteiger partial charge in [0.15, 0.2) is 0 Å². The summed E-state index contributed by atoms with van der Waals surface area (Å²) in [7, 11) is 0. The Balaban J connectivity index is 0.000000134. The van der Waals surface area contributed by atoms with Gasteiger partial charge < -0.3 is 8.83 Å². The molecule has 51 heavy (non-hydrogen) atoms. The van der Waals surface area contributed by atoms with E-state index in [1.807, 2.05) is 24.3 Å².